The zero-order chi connectivity index (χ0) is 38.8. The van der Waals surface area contributed by atoms with Crippen LogP contribution in [-0.4, -0.2) is 146 Å². The van der Waals surface area contributed by atoms with Gasteiger partial charge in [0, 0.05) is 26.2 Å². The van der Waals surface area contributed by atoms with Gasteiger partial charge < -0.3 is 28.7 Å². The molecule has 0 N–H and O–H groups in total. The van der Waals surface area contributed by atoms with E-state index >= 15 is 0 Å². The van der Waals surface area contributed by atoms with Crippen molar-refractivity contribution in [3.8, 4) is 0 Å². The van der Waals surface area contributed by atoms with Gasteiger partial charge in [-0.1, -0.05) is 64.8 Å². The number of hydrogen-bond donors (Lipinski definition) is 0. The molecule has 14 heteroatoms. The monoisotopic (exact) mass is 748 g/mol. The van der Waals surface area contributed by atoms with Gasteiger partial charge in [-0.15, -0.1) is 0 Å². The maximum absolute atomic E-state index is 14.2. The average molecular weight is 749 g/mol. The Hall–Kier alpha value is -4.50. The lowest BCUT2D eigenvalue weighted by Gasteiger charge is -2.35. The first kappa shape index (κ1) is 40.7. The lowest BCUT2D eigenvalue weighted by Crippen LogP contribution is -2.55. The number of amides is 6. The van der Waals surface area contributed by atoms with E-state index in [4.69, 9.17) is 18.9 Å². The fraction of sp³-hybridized carbons (Fsp3) is 0.550. The number of rotatable bonds is 8. The highest BCUT2D eigenvalue weighted by atomic mass is 16.5. The van der Waals surface area contributed by atoms with Gasteiger partial charge in [-0.25, -0.2) is 0 Å². The number of benzene rings is 2. The molecule has 5 rings (SSSR count). The molecule has 3 aliphatic rings. The predicted molar refractivity (Wildman–Crippen MR) is 197 cm³/mol. The van der Waals surface area contributed by atoms with Crippen LogP contribution in [0.3, 0.4) is 0 Å². The van der Waals surface area contributed by atoms with E-state index in [1.54, 1.807) is 58.3 Å². The van der Waals surface area contributed by atoms with Crippen molar-refractivity contribution < 1.29 is 47.7 Å². The van der Waals surface area contributed by atoms with Crippen LogP contribution in [0.25, 0.3) is 0 Å². The molecule has 1 fully saturated rings. The summed E-state index contributed by atoms with van der Waals surface area (Å²) in [6.07, 6.45) is 1.15. The molecule has 0 unspecified atom stereocenters. The van der Waals surface area contributed by atoms with E-state index in [1.165, 1.54) is 0 Å². The third-order valence-electron chi connectivity index (χ3n) is 10.5. The van der Waals surface area contributed by atoms with Crippen molar-refractivity contribution in [1.29, 1.82) is 0 Å². The van der Waals surface area contributed by atoms with Crippen molar-refractivity contribution in [3.05, 3.63) is 70.8 Å². The van der Waals surface area contributed by atoms with Gasteiger partial charge in [0.2, 0.25) is 11.8 Å². The second kappa shape index (κ2) is 19.2. The van der Waals surface area contributed by atoms with Gasteiger partial charge in [-0.2, -0.15) is 0 Å². The minimum Gasteiger partial charge on any atom is -0.377 e. The summed E-state index contributed by atoms with van der Waals surface area (Å²) in [7, 11) is 0. The molecule has 0 spiro atoms. The molecule has 4 atom stereocenters. The molecule has 2 aromatic rings. The SMILES string of the molecule is CC[C@@H](C)[C@@H](C(=O)N1CCOCCOCCN(C(=O)[C@@H]([C@@H](C)CC)N2C(=O)c3ccccc3C2=O)CCOCCOCC1)N1C(=O)c2ccccc2C1=O. The number of nitrogens with zero attached hydrogens (tertiary/aromatic N) is 4. The van der Waals surface area contributed by atoms with Crippen LogP contribution < -0.4 is 0 Å². The Morgan fingerprint density at radius 1 is 0.500 bits per heavy atom. The molecule has 0 aliphatic carbocycles. The van der Waals surface area contributed by atoms with Crippen LogP contribution in [-0.2, 0) is 28.5 Å². The van der Waals surface area contributed by atoms with Gasteiger partial charge in [0.25, 0.3) is 23.6 Å². The first-order valence-corrected chi connectivity index (χ1v) is 18.9. The van der Waals surface area contributed by atoms with Crippen molar-refractivity contribution in [2.24, 2.45) is 11.8 Å². The molecule has 3 heterocycles. The molecule has 3 aliphatic heterocycles. The highest BCUT2D eigenvalue weighted by Gasteiger charge is 2.47. The summed E-state index contributed by atoms with van der Waals surface area (Å²) < 4.78 is 23.3. The van der Waals surface area contributed by atoms with E-state index in [-0.39, 0.29) is 103 Å². The molecule has 14 nitrogen and oxygen atoms in total. The smallest absolute Gasteiger partial charge is 0.262 e. The summed E-state index contributed by atoms with van der Waals surface area (Å²) in [5.41, 5.74) is 1.17. The van der Waals surface area contributed by atoms with Crippen molar-refractivity contribution >= 4 is 35.4 Å². The van der Waals surface area contributed by atoms with Crippen LogP contribution in [0.15, 0.2) is 48.5 Å². The normalized spacial score (nSPS) is 20.5. The third kappa shape index (κ3) is 8.89. The number of fused-ring (bicyclic) bond motifs is 2. The molecule has 2 aromatic carbocycles. The van der Waals surface area contributed by atoms with E-state index in [0.717, 1.165) is 9.80 Å². The van der Waals surface area contributed by atoms with E-state index < -0.39 is 35.7 Å². The van der Waals surface area contributed by atoms with Crippen molar-refractivity contribution in [1.82, 2.24) is 19.6 Å². The molecule has 0 radical (unpaired) electrons. The van der Waals surface area contributed by atoms with Gasteiger partial charge in [0.1, 0.15) is 12.1 Å². The highest BCUT2D eigenvalue weighted by molar-refractivity contribution is 6.23. The number of carbonyl (C=O) groups is 6. The quantitative estimate of drug-likeness (QED) is 0.369. The summed E-state index contributed by atoms with van der Waals surface area (Å²) >= 11 is 0. The second-order valence-corrected chi connectivity index (χ2v) is 13.8. The lowest BCUT2D eigenvalue weighted by atomic mass is 9.96. The van der Waals surface area contributed by atoms with Crippen LogP contribution in [0.4, 0.5) is 0 Å². The first-order chi connectivity index (χ1) is 26.1. The largest absolute Gasteiger partial charge is 0.377 e. The van der Waals surface area contributed by atoms with Gasteiger partial charge in [0.05, 0.1) is 75.1 Å². The lowest BCUT2D eigenvalue weighted by molar-refractivity contribution is -0.140. The molecule has 1 saturated heterocycles. The van der Waals surface area contributed by atoms with Crippen LogP contribution in [0.2, 0.25) is 0 Å². The van der Waals surface area contributed by atoms with E-state index in [2.05, 4.69) is 0 Å². The number of hydrogen-bond acceptors (Lipinski definition) is 10. The van der Waals surface area contributed by atoms with E-state index in [0.29, 0.717) is 35.1 Å². The van der Waals surface area contributed by atoms with Crippen LogP contribution in [0.5, 0.6) is 0 Å². The molecule has 0 saturated carbocycles. The standard InChI is InChI=1S/C40H52N4O10/c1-5-27(3)33(43-35(45)29-11-7-8-12-30(29)36(43)46)39(49)41-15-19-51-23-25-53-21-17-42(18-22-54-26-24-52-20-16-41)40(50)34(28(4)6-2)44-37(47)31-13-9-10-14-32(31)38(44)48/h7-14,27-28,33-34H,5-6,15-26H2,1-4H3/t27-,28+,33+,34-. The number of ether oxygens (including phenoxy) is 4. The van der Waals surface area contributed by atoms with E-state index in [1.807, 2.05) is 27.7 Å². The molecule has 6 amide bonds. The zero-order valence-corrected chi connectivity index (χ0v) is 31.7. The highest BCUT2D eigenvalue weighted by Crippen LogP contribution is 2.31. The maximum Gasteiger partial charge on any atom is 0.262 e. The molecule has 54 heavy (non-hydrogen) atoms. The Bertz CT molecular complexity index is 1470. The zero-order valence-electron chi connectivity index (χ0n) is 31.7. The minimum atomic E-state index is -0.991. The summed E-state index contributed by atoms with van der Waals surface area (Å²) in [6, 6.07) is 11.2. The fourth-order valence-corrected chi connectivity index (χ4v) is 6.97. The summed E-state index contributed by atoms with van der Waals surface area (Å²) in [4.78, 5) is 87.4. The molecule has 292 valence electrons. The molecule has 0 bridgehead atoms. The molecular weight excluding hydrogens is 696 g/mol. The third-order valence-corrected chi connectivity index (χ3v) is 10.5. The summed E-state index contributed by atoms with van der Waals surface area (Å²) in [5, 5.41) is 0. The number of carbonyl (C=O) groups excluding carboxylic acids is 6. The van der Waals surface area contributed by atoms with Crippen LogP contribution >= 0.6 is 0 Å². The Labute approximate surface area is 316 Å². The van der Waals surface area contributed by atoms with Crippen molar-refractivity contribution in [2.75, 3.05) is 79.0 Å². The first-order valence-electron chi connectivity index (χ1n) is 18.9. The minimum absolute atomic E-state index is 0.176. The summed E-state index contributed by atoms with van der Waals surface area (Å²) in [5.74, 6) is -3.20. The van der Waals surface area contributed by atoms with Gasteiger partial charge in [0.15, 0.2) is 0 Å². The van der Waals surface area contributed by atoms with Gasteiger partial charge in [-0.3, -0.25) is 38.6 Å². The average Bonchev–Trinajstić information content (AvgIpc) is 3.58. The fourth-order valence-electron chi connectivity index (χ4n) is 6.97. The second-order valence-electron chi connectivity index (χ2n) is 13.8. The Morgan fingerprint density at radius 3 is 1.00 bits per heavy atom. The predicted octanol–water partition coefficient (Wildman–Crippen LogP) is 3.15. The van der Waals surface area contributed by atoms with Gasteiger partial charge >= 0.3 is 0 Å². The topological polar surface area (TPSA) is 152 Å². The van der Waals surface area contributed by atoms with Crippen molar-refractivity contribution in [2.45, 2.75) is 52.6 Å². The van der Waals surface area contributed by atoms with Crippen LogP contribution in [0, 0.1) is 11.8 Å². The Balaban J connectivity index is 1.21. The molecule has 0 aromatic heterocycles. The van der Waals surface area contributed by atoms with Crippen LogP contribution in [0.1, 0.15) is 82.0 Å². The maximum atomic E-state index is 14.2. The Kier molecular flexibility index (Phi) is 14.5. The number of imide groups is 2. The van der Waals surface area contributed by atoms with Gasteiger partial charge in [-0.05, 0) is 36.1 Å². The summed E-state index contributed by atoms with van der Waals surface area (Å²) in [6.45, 7) is 9.93. The Morgan fingerprint density at radius 2 is 0.759 bits per heavy atom. The molecular formula is C40H52N4O10. The van der Waals surface area contributed by atoms with Crippen molar-refractivity contribution in [3.63, 3.8) is 0 Å². The van der Waals surface area contributed by atoms with E-state index in [9.17, 15) is 28.8 Å².